The number of ether oxygens (including phenoxy) is 2. The number of cyclic esters (lactones) is 1. The van der Waals surface area contributed by atoms with E-state index in [1.807, 2.05) is 0 Å². The Morgan fingerprint density at radius 2 is 2.24 bits per heavy atom. The van der Waals surface area contributed by atoms with E-state index in [1.54, 1.807) is 6.07 Å². The van der Waals surface area contributed by atoms with Gasteiger partial charge in [0.25, 0.3) is 0 Å². The first-order valence-electron chi connectivity index (χ1n) is 5.07. The Morgan fingerprint density at radius 1 is 1.53 bits per heavy atom. The summed E-state index contributed by atoms with van der Waals surface area (Å²) in [7, 11) is 1.21. The Bertz CT molecular complexity index is 497. The molecule has 0 saturated heterocycles. The molecule has 0 amide bonds. The van der Waals surface area contributed by atoms with Gasteiger partial charge in [0.05, 0.1) is 12.7 Å². The number of hydrogen-bond donors (Lipinski definition) is 0. The van der Waals surface area contributed by atoms with Gasteiger partial charge < -0.3 is 9.47 Å². The molecule has 0 spiro atoms. The van der Waals surface area contributed by atoms with Gasteiger partial charge in [-0.25, -0.2) is 14.0 Å². The van der Waals surface area contributed by atoms with Crippen LogP contribution in [0.3, 0.4) is 0 Å². The molecule has 1 unspecified atom stereocenters. The first-order chi connectivity index (χ1) is 7.98. The molecule has 0 aromatic heterocycles. The average molecular weight is 238 g/mol. The van der Waals surface area contributed by atoms with Gasteiger partial charge in [0.15, 0.2) is 0 Å². The monoisotopic (exact) mass is 238 g/mol. The Morgan fingerprint density at radius 3 is 2.88 bits per heavy atom. The Hall–Kier alpha value is -1.91. The van der Waals surface area contributed by atoms with Gasteiger partial charge in [-0.2, -0.15) is 0 Å². The summed E-state index contributed by atoms with van der Waals surface area (Å²) in [5.74, 6) is -2.13. The maximum Gasteiger partial charge on any atom is 0.350 e. The molecular weight excluding hydrogens is 227 g/mol. The zero-order chi connectivity index (χ0) is 12.6. The molecule has 1 aromatic rings. The fourth-order valence-electron chi connectivity index (χ4n) is 1.93. The van der Waals surface area contributed by atoms with Crippen LogP contribution in [-0.4, -0.2) is 24.6 Å². The van der Waals surface area contributed by atoms with Crippen LogP contribution in [0.4, 0.5) is 4.39 Å². The summed E-state index contributed by atoms with van der Waals surface area (Å²) < 4.78 is 23.0. The van der Waals surface area contributed by atoms with Crippen molar-refractivity contribution >= 4 is 11.9 Å². The van der Waals surface area contributed by atoms with Gasteiger partial charge in [-0.05, 0) is 18.6 Å². The van der Waals surface area contributed by atoms with E-state index in [4.69, 9.17) is 4.74 Å². The Kier molecular flexibility index (Phi) is 2.61. The molecule has 0 aliphatic carbocycles. The lowest BCUT2D eigenvalue weighted by atomic mass is 9.90. The maximum atomic E-state index is 13.4. The van der Waals surface area contributed by atoms with E-state index in [-0.39, 0.29) is 12.0 Å². The second-order valence-corrected chi connectivity index (χ2v) is 4.06. The minimum atomic E-state index is -1.38. The Labute approximate surface area is 97.3 Å². The quantitative estimate of drug-likeness (QED) is 0.695. The van der Waals surface area contributed by atoms with Crippen LogP contribution in [-0.2, 0) is 20.7 Å². The average Bonchev–Trinajstić information content (AvgIpc) is 2.27. The number of rotatable bonds is 1. The van der Waals surface area contributed by atoms with Gasteiger partial charge in [-0.3, -0.25) is 0 Å². The zero-order valence-corrected chi connectivity index (χ0v) is 9.45. The molecule has 0 fully saturated rings. The van der Waals surface area contributed by atoms with E-state index in [0.29, 0.717) is 5.56 Å². The fraction of sp³-hybridized carbons (Fsp3) is 0.333. The standard InChI is InChI=1S/C12H11FO4/c1-12(11(15)16-2)6-7-4-3-5-8(13)9(7)10(14)17-12/h3-5H,6H2,1-2H3. The topological polar surface area (TPSA) is 52.6 Å². The molecular formula is C12H11FO4. The van der Waals surface area contributed by atoms with Crippen molar-refractivity contribution in [3.05, 3.63) is 35.1 Å². The van der Waals surface area contributed by atoms with Gasteiger partial charge in [-0.1, -0.05) is 12.1 Å². The summed E-state index contributed by atoms with van der Waals surface area (Å²) in [5, 5.41) is 0. The van der Waals surface area contributed by atoms with E-state index in [1.165, 1.54) is 26.2 Å². The highest BCUT2D eigenvalue weighted by molar-refractivity contribution is 5.96. The number of methoxy groups -OCH3 is 1. The maximum absolute atomic E-state index is 13.4. The lowest BCUT2D eigenvalue weighted by Crippen LogP contribution is -2.46. The molecule has 1 aliphatic rings. The lowest BCUT2D eigenvalue weighted by Gasteiger charge is -2.31. The van der Waals surface area contributed by atoms with Crippen molar-refractivity contribution in [2.24, 2.45) is 0 Å². The Balaban J connectivity index is 2.47. The predicted octanol–water partition coefficient (Wildman–Crippen LogP) is 1.47. The van der Waals surface area contributed by atoms with Crippen LogP contribution < -0.4 is 0 Å². The van der Waals surface area contributed by atoms with Crippen LogP contribution in [0.1, 0.15) is 22.8 Å². The highest BCUT2D eigenvalue weighted by Crippen LogP contribution is 2.30. The minimum Gasteiger partial charge on any atom is -0.466 e. The van der Waals surface area contributed by atoms with Crippen LogP contribution in [0.2, 0.25) is 0 Å². The van der Waals surface area contributed by atoms with Gasteiger partial charge in [0.1, 0.15) is 5.82 Å². The highest BCUT2D eigenvalue weighted by atomic mass is 19.1. The van der Waals surface area contributed by atoms with E-state index >= 15 is 0 Å². The molecule has 4 nitrogen and oxygen atoms in total. The number of carbonyl (C=O) groups is 2. The van der Waals surface area contributed by atoms with E-state index in [9.17, 15) is 14.0 Å². The van der Waals surface area contributed by atoms with Crippen molar-refractivity contribution in [1.82, 2.24) is 0 Å². The van der Waals surface area contributed by atoms with Crippen molar-refractivity contribution < 1.29 is 23.5 Å². The summed E-state index contributed by atoms with van der Waals surface area (Å²) >= 11 is 0. The molecule has 90 valence electrons. The number of hydrogen-bond acceptors (Lipinski definition) is 4. The van der Waals surface area contributed by atoms with Crippen LogP contribution in [0, 0.1) is 5.82 Å². The third kappa shape index (κ3) is 1.77. The smallest absolute Gasteiger partial charge is 0.350 e. The first kappa shape index (κ1) is 11.6. The summed E-state index contributed by atoms with van der Waals surface area (Å²) in [4.78, 5) is 23.2. The second-order valence-electron chi connectivity index (χ2n) is 4.06. The molecule has 1 aliphatic heterocycles. The summed E-state index contributed by atoms with van der Waals surface area (Å²) in [5.41, 5.74) is -1.03. The number of esters is 2. The van der Waals surface area contributed by atoms with Crippen LogP contribution in [0.5, 0.6) is 0 Å². The number of halogens is 1. The van der Waals surface area contributed by atoms with Gasteiger partial charge in [0.2, 0.25) is 5.60 Å². The number of fused-ring (bicyclic) bond motifs is 1. The molecule has 0 radical (unpaired) electrons. The molecule has 1 atom stereocenters. The van der Waals surface area contributed by atoms with Crippen molar-refractivity contribution in [2.45, 2.75) is 18.9 Å². The highest BCUT2D eigenvalue weighted by Gasteiger charge is 2.44. The molecule has 0 N–H and O–H groups in total. The second kappa shape index (κ2) is 3.84. The normalized spacial score (nSPS) is 22.6. The number of carbonyl (C=O) groups excluding carboxylic acids is 2. The fourth-order valence-corrected chi connectivity index (χ4v) is 1.93. The molecule has 5 heteroatoms. The first-order valence-corrected chi connectivity index (χ1v) is 5.07. The molecule has 0 saturated carbocycles. The van der Waals surface area contributed by atoms with Gasteiger partial charge in [0, 0.05) is 6.42 Å². The predicted molar refractivity (Wildman–Crippen MR) is 55.9 cm³/mol. The molecule has 1 heterocycles. The van der Waals surface area contributed by atoms with Gasteiger partial charge >= 0.3 is 11.9 Å². The number of benzene rings is 1. The van der Waals surface area contributed by atoms with Crippen molar-refractivity contribution in [2.75, 3.05) is 7.11 Å². The van der Waals surface area contributed by atoms with E-state index in [0.717, 1.165) is 0 Å². The third-order valence-corrected chi connectivity index (χ3v) is 2.77. The van der Waals surface area contributed by atoms with Crippen molar-refractivity contribution in [3.63, 3.8) is 0 Å². The van der Waals surface area contributed by atoms with E-state index < -0.39 is 23.4 Å². The van der Waals surface area contributed by atoms with E-state index in [2.05, 4.69) is 4.74 Å². The van der Waals surface area contributed by atoms with Crippen LogP contribution >= 0.6 is 0 Å². The summed E-state index contributed by atoms with van der Waals surface area (Å²) in [6.07, 6.45) is 0.110. The minimum absolute atomic E-state index is 0.103. The third-order valence-electron chi connectivity index (χ3n) is 2.77. The van der Waals surface area contributed by atoms with Crippen LogP contribution in [0.15, 0.2) is 18.2 Å². The summed E-state index contributed by atoms with van der Waals surface area (Å²) in [6.45, 7) is 1.45. The summed E-state index contributed by atoms with van der Waals surface area (Å²) in [6, 6.07) is 4.27. The molecule has 1 aromatic carbocycles. The molecule has 17 heavy (non-hydrogen) atoms. The zero-order valence-electron chi connectivity index (χ0n) is 9.45. The molecule has 2 rings (SSSR count). The van der Waals surface area contributed by atoms with Crippen LogP contribution in [0.25, 0.3) is 0 Å². The van der Waals surface area contributed by atoms with Gasteiger partial charge in [-0.15, -0.1) is 0 Å². The van der Waals surface area contributed by atoms with Crippen molar-refractivity contribution in [3.8, 4) is 0 Å². The molecule has 0 bridgehead atoms. The lowest BCUT2D eigenvalue weighted by molar-refractivity contribution is -0.161. The van der Waals surface area contributed by atoms with Crippen molar-refractivity contribution in [1.29, 1.82) is 0 Å². The SMILES string of the molecule is COC(=O)C1(C)Cc2cccc(F)c2C(=O)O1. The largest absolute Gasteiger partial charge is 0.466 e.